The lowest BCUT2D eigenvalue weighted by Gasteiger charge is -2.10. The second-order valence-corrected chi connectivity index (χ2v) is 10.2. The molecule has 1 aromatic carbocycles. The number of halogens is 1. The van der Waals surface area contributed by atoms with Crippen molar-refractivity contribution < 1.29 is 18.7 Å². The van der Waals surface area contributed by atoms with Crippen LogP contribution in [0.25, 0.3) is 10.2 Å². The number of ether oxygens (including phenoxy) is 2. The van der Waals surface area contributed by atoms with Gasteiger partial charge in [-0.15, -0.1) is 21.5 Å². The zero-order chi connectivity index (χ0) is 25.9. The summed E-state index contributed by atoms with van der Waals surface area (Å²) in [5, 5.41) is 10.3. The van der Waals surface area contributed by atoms with Gasteiger partial charge in [-0.2, -0.15) is 0 Å². The van der Waals surface area contributed by atoms with Crippen LogP contribution in [-0.4, -0.2) is 37.8 Å². The Morgan fingerprint density at radius 2 is 2.05 bits per heavy atom. The number of aryl methyl sites for hydroxylation is 1. The molecule has 13 heteroatoms. The van der Waals surface area contributed by atoms with E-state index in [-0.39, 0.29) is 12.2 Å². The van der Waals surface area contributed by atoms with Crippen LogP contribution in [0.5, 0.6) is 5.75 Å². The monoisotopic (exact) mass is 557 g/mol. The minimum absolute atomic E-state index is 0.182. The molecule has 5 rings (SSSR count). The van der Waals surface area contributed by atoms with E-state index in [0.717, 1.165) is 17.1 Å². The Hall–Kier alpha value is -3.61. The minimum Gasteiger partial charge on any atom is -0.486 e. The Balaban J connectivity index is 1.38. The van der Waals surface area contributed by atoms with Gasteiger partial charge in [-0.05, 0) is 48.9 Å². The van der Waals surface area contributed by atoms with E-state index in [9.17, 15) is 9.59 Å². The van der Waals surface area contributed by atoms with Crippen LogP contribution in [0.2, 0.25) is 5.02 Å². The summed E-state index contributed by atoms with van der Waals surface area (Å²) in [6.45, 7) is 2.29. The van der Waals surface area contributed by atoms with Gasteiger partial charge in [0.2, 0.25) is 0 Å². The number of thiophene rings is 1. The van der Waals surface area contributed by atoms with Crippen molar-refractivity contribution in [3.05, 3.63) is 85.9 Å². The van der Waals surface area contributed by atoms with Gasteiger partial charge in [0, 0.05) is 5.02 Å². The van der Waals surface area contributed by atoms with Crippen molar-refractivity contribution in [1.82, 2.24) is 24.7 Å². The van der Waals surface area contributed by atoms with Gasteiger partial charge < -0.3 is 18.9 Å². The molecular weight excluding hydrogens is 538 g/mol. The topological polar surface area (TPSA) is 125 Å². The number of H-pyrrole nitrogens is 1. The SMILES string of the molecule is COC(=O)c1sc2nc(CSc3nnc(COc4ccc(Cl)cc4)n3Cc3ccco3)[nH]c(=O)c2c1C. The van der Waals surface area contributed by atoms with Crippen LogP contribution in [0.3, 0.4) is 0 Å². The molecule has 4 heterocycles. The van der Waals surface area contributed by atoms with Crippen molar-refractivity contribution in [2.45, 2.75) is 31.0 Å². The number of rotatable bonds is 9. The van der Waals surface area contributed by atoms with Crippen molar-refractivity contribution in [2.24, 2.45) is 0 Å². The molecule has 0 unspecified atom stereocenters. The predicted molar refractivity (Wildman–Crippen MR) is 139 cm³/mol. The van der Waals surface area contributed by atoms with E-state index in [1.165, 1.54) is 18.9 Å². The van der Waals surface area contributed by atoms with E-state index in [2.05, 4.69) is 20.2 Å². The molecule has 4 aromatic heterocycles. The minimum atomic E-state index is -0.491. The first-order valence-electron chi connectivity index (χ1n) is 11.0. The molecule has 0 saturated heterocycles. The number of carbonyl (C=O) groups excluding carboxylic acids is 1. The molecule has 0 atom stereocenters. The molecule has 10 nitrogen and oxygen atoms in total. The van der Waals surface area contributed by atoms with Crippen LogP contribution >= 0.6 is 34.7 Å². The van der Waals surface area contributed by atoms with E-state index < -0.39 is 5.97 Å². The Labute approximate surface area is 223 Å². The summed E-state index contributed by atoms with van der Waals surface area (Å²) in [5.41, 5.74) is 0.252. The summed E-state index contributed by atoms with van der Waals surface area (Å²) in [6.07, 6.45) is 1.60. The Bertz CT molecular complexity index is 1610. The first-order chi connectivity index (χ1) is 17.9. The van der Waals surface area contributed by atoms with Crippen LogP contribution in [0.15, 0.2) is 57.0 Å². The molecule has 5 aromatic rings. The number of benzene rings is 1. The summed E-state index contributed by atoms with van der Waals surface area (Å²) >= 11 is 8.45. The summed E-state index contributed by atoms with van der Waals surface area (Å²) in [7, 11) is 1.31. The van der Waals surface area contributed by atoms with Gasteiger partial charge in [-0.3, -0.25) is 9.36 Å². The molecular formula is C24H20ClN5O5S2. The summed E-state index contributed by atoms with van der Waals surface area (Å²) < 4.78 is 18.1. The number of carbonyl (C=O) groups is 1. The largest absolute Gasteiger partial charge is 0.486 e. The third kappa shape index (κ3) is 5.41. The number of aromatic nitrogens is 5. The molecule has 0 aliphatic heterocycles. The molecule has 0 saturated carbocycles. The lowest BCUT2D eigenvalue weighted by Crippen LogP contribution is -2.12. The lowest BCUT2D eigenvalue weighted by molar-refractivity contribution is 0.0605. The van der Waals surface area contributed by atoms with Gasteiger partial charge in [0.05, 0.1) is 31.1 Å². The Morgan fingerprint density at radius 1 is 1.24 bits per heavy atom. The highest BCUT2D eigenvalue weighted by Crippen LogP contribution is 2.29. The maximum Gasteiger partial charge on any atom is 0.348 e. The van der Waals surface area contributed by atoms with Gasteiger partial charge in [-0.1, -0.05) is 23.4 Å². The van der Waals surface area contributed by atoms with Gasteiger partial charge in [0.15, 0.2) is 11.0 Å². The first-order valence-corrected chi connectivity index (χ1v) is 13.2. The number of aromatic amines is 1. The maximum absolute atomic E-state index is 12.8. The van der Waals surface area contributed by atoms with Crippen molar-refractivity contribution in [1.29, 1.82) is 0 Å². The number of thioether (sulfide) groups is 1. The average molecular weight is 558 g/mol. The standard InChI is InChI=1S/C24H20ClN5O5S2/c1-13-19-21(31)26-17(27-22(19)37-20(13)23(32)33-2)12-36-24-29-28-18(30(24)10-16-4-3-9-34-16)11-35-15-7-5-14(25)6-8-15/h3-9H,10-12H2,1-2H3,(H,26,27,31). The van der Waals surface area contributed by atoms with E-state index >= 15 is 0 Å². The van der Waals surface area contributed by atoms with Crippen LogP contribution < -0.4 is 10.3 Å². The van der Waals surface area contributed by atoms with E-state index in [1.54, 1.807) is 37.5 Å². The van der Waals surface area contributed by atoms with E-state index in [0.29, 0.717) is 60.5 Å². The molecule has 0 spiro atoms. The molecule has 0 radical (unpaired) electrons. The second-order valence-electron chi connectivity index (χ2n) is 7.84. The summed E-state index contributed by atoms with van der Waals surface area (Å²) in [5.74, 6) is 2.26. The fourth-order valence-electron chi connectivity index (χ4n) is 3.61. The van der Waals surface area contributed by atoms with Gasteiger partial charge in [-0.25, -0.2) is 9.78 Å². The number of furan rings is 1. The number of methoxy groups -OCH3 is 1. The molecule has 0 aliphatic rings. The van der Waals surface area contributed by atoms with E-state index in [4.69, 9.17) is 25.5 Å². The van der Waals surface area contributed by atoms with Crippen molar-refractivity contribution in [3.63, 3.8) is 0 Å². The highest BCUT2D eigenvalue weighted by molar-refractivity contribution is 7.98. The highest BCUT2D eigenvalue weighted by Gasteiger charge is 2.21. The molecule has 190 valence electrons. The number of nitrogens with zero attached hydrogens (tertiary/aromatic N) is 4. The number of fused-ring (bicyclic) bond motifs is 1. The van der Waals surface area contributed by atoms with E-state index in [1.807, 2.05) is 16.7 Å². The zero-order valence-electron chi connectivity index (χ0n) is 19.7. The molecule has 0 aliphatic carbocycles. The predicted octanol–water partition coefficient (Wildman–Crippen LogP) is 4.84. The quantitative estimate of drug-likeness (QED) is 0.200. The molecule has 37 heavy (non-hydrogen) atoms. The van der Waals surface area contributed by atoms with Crippen molar-refractivity contribution in [2.75, 3.05) is 7.11 Å². The smallest absolute Gasteiger partial charge is 0.348 e. The maximum atomic E-state index is 12.8. The lowest BCUT2D eigenvalue weighted by atomic mass is 10.2. The Morgan fingerprint density at radius 3 is 2.78 bits per heavy atom. The number of esters is 1. The normalized spacial score (nSPS) is 11.2. The third-order valence-corrected chi connectivity index (χ3v) is 7.82. The van der Waals surface area contributed by atoms with Crippen LogP contribution in [0, 0.1) is 6.92 Å². The van der Waals surface area contributed by atoms with Gasteiger partial charge in [0.1, 0.15) is 33.6 Å². The molecule has 1 N–H and O–H groups in total. The first kappa shape index (κ1) is 25.1. The van der Waals surface area contributed by atoms with Crippen LogP contribution in [0.4, 0.5) is 0 Å². The summed E-state index contributed by atoms with van der Waals surface area (Å²) in [4.78, 5) is 33.0. The van der Waals surface area contributed by atoms with Gasteiger partial charge in [0.25, 0.3) is 5.56 Å². The van der Waals surface area contributed by atoms with Crippen LogP contribution in [-0.2, 0) is 23.6 Å². The number of hydrogen-bond acceptors (Lipinski definition) is 10. The molecule has 0 bridgehead atoms. The zero-order valence-corrected chi connectivity index (χ0v) is 22.1. The fraction of sp³-hybridized carbons (Fsp3) is 0.208. The summed E-state index contributed by atoms with van der Waals surface area (Å²) in [6, 6.07) is 10.7. The molecule has 0 fully saturated rings. The van der Waals surface area contributed by atoms with Gasteiger partial charge >= 0.3 is 5.97 Å². The van der Waals surface area contributed by atoms with Crippen molar-refractivity contribution >= 4 is 50.9 Å². The highest BCUT2D eigenvalue weighted by atomic mass is 35.5. The van der Waals surface area contributed by atoms with Crippen molar-refractivity contribution in [3.8, 4) is 5.75 Å². The fourth-order valence-corrected chi connectivity index (χ4v) is 5.68. The Kier molecular flexibility index (Phi) is 7.31. The molecule has 0 amide bonds. The number of hydrogen-bond donors (Lipinski definition) is 1. The second kappa shape index (κ2) is 10.8. The van der Waals surface area contributed by atoms with Crippen LogP contribution in [0.1, 0.15) is 32.6 Å². The number of nitrogens with one attached hydrogen (secondary N) is 1. The average Bonchev–Trinajstić information content (AvgIpc) is 3.62. The third-order valence-electron chi connectivity index (χ3n) is 5.43.